The van der Waals surface area contributed by atoms with Gasteiger partial charge in [-0.3, -0.25) is 0 Å². The molecular weight excluding hydrogens is 330 g/mol. The van der Waals surface area contributed by atoms with Crippen LogP contribution >= 0.6 is 0 Å². The number of methoxy groups -OCH3 is 1. The molecule has 0 bridgehead atoms. The van der Waals surface area contributed by atoms with Gasteiger partial charge in [-0.05, 0) is 61.1 Å². The smallest absolute Gasteiger partial charge is 0.337 e. The quantitative estimate of drug-likeness (QED) is 0.647. The van der Waals surface area contributed by atoms with Crippen molar-refractivity contribution in [2.24, 2.45) is 0 Å². The second-order valence-electron chi connectivity index (χ2n) is 6.47. The molecule has 0 fully saturated rings. The van der Waals surface area contributed by atoms with Crippen molar-refractivity contribution in [2.45, 2.75) is 39.0 Å². The fraction of sp³-hybridized carbons (Fsp3) is 0.333. The van der Waals surface area contributed by atoms with Crippen LogP contribution in [-0.2, 0) is 11.2 Å². The van der Waals surface area contributed by atoms with E-state index >= 15 is 0 Å². The molecule has 2 aromatic carbocycles. The number of aryl methyl sites for hydroxylation is 2. The van der Waals surface area contributed by atoms with Crippen LogP contribution in [-0.4, -0.2) is 23.2 Å². The molecule has 0 saturated heterocycles. The van der Waals surface area contributed by atoms with Crippen LogP contribution in [0.3, 0.4) is 0 Å². The number of hydrogen-bond acceptors (Lipinski definition) is 5. The average Bonchev–Trinajstić information content (AvgIpc) is 3.06. The Hall–Kier alpha value is -2.82. The number of phenols is 1. The number of ether oxygens (including phenoxy) is 1. The third-order valence-electron chi connectivity index (χ3n) is 4.74. The molecule has 0 aliphatic rings. The van der Waals surface area contributed by atoms with Crippen LogP contribution in [0.1, 0.15) is 53.1 Å². The minimum Gasteiger partial charge on any atom is -0.508 e. The van der Waals surface area contributed by atoms with E-state index in [2.05, 4.69) is 11.9 Å². The molecule has 26 heavy (non-hydrogen) atoms. The van der Waals surface area contributed by atoms with Crippen LogP contribution in [0.2, 0.25) is 0 Å². The number of phenolic OH excluding ortho intramolecular Hbond substituents is 1. The lowest BCUT2D eigenvalue weighted by Gasteiger charge is -2.15. The highest BCUT2D eigenvalue weighted by Gasteiger charge is 2.15. The van der Waals surface area contributed by atoms with Gasteiger partial charge in [0.05, 0.1) is 12.7 Å². The van der Waals surface area contributed by atoms with Crippen molar-refractivity contribution in [3.8, 4) is 5.75 Å². The second-order valence-corrected chi connectivity index (χ2v) is 6.47. The number of nitrogens with zero attached hydrogens (tertiary/aromatic N) is 1. The van der Waals surface area contributed by atoms with E-state index in [1.54, 1.807) is 24.3 Å². The molecule has 0 spiro atoms. The Morgan fingerprint density at radius 3 is 2.77 bits per heavy atom. The number of fused-ring (bicyclic) bond motifs is 1. The summed E-state index contributed by atoms with van der Waals surface area (Å²) in [5.74, 6) is 0.972. The van der Waals surface area contributed by atoms with Gasteiger partial charge in [-0.2, -0.15) is 0 Å². The van der Waals surface area contributed by atoms with E-state index in [0.717, 1.165) is 18.4 Å². The molecule has 0 amide bonds. The Bertz CT molecular complexity index is 929. The molecular formula is C21H23NO4. The number of benzene rings is 2. The predicted molar refractivity (Wildman–Crippen MR) is 99.5 cm³/mol. The van der Waals surface area contributed by atoms with Crippen molar-refractivity contribution >= 4 is 17.1 Å². The summed E-state index contributed by atoms with van der Waals surface area (Å²) in [7, 11) is 1.36. The highest BCUT2D eigenvalue weighted by molar-refractivity contribution is 5.93. The van der Waals surface area contributed by atoms with Gasteiger partial charge in [0.2, 0.25) is 0 Å². The summed E-state index contributed by atoms with van der Waals surface area (Å²) in [4.78, 5) is 16.1. The molecule has 5 heteroatoms. The summed E-state index contributed by atoms with van der Waals surface area (Å²) >= 11 is 0. The number of rotatable bonds is 6. The number of aromatic hydroxyl groups is 1. The normalized spacial score (nSPS) is 12.3. The highest BCUT2D eigenvalue weighted by atomic mass is 16.5. The molecule has 136 valence electrons. The minimum absolute atomic E-state index is 0.323. The van der Waals surface area contributed by atoms with E-state index in [4.69, 9.17) is 9.15 Å². The fourth-order valence-electron chi connectivity index (χ4n) is 3.16. The van der Waals surface area contributed by atoms with Crippen molar-refractivity contribution in [1.82, 2.24) is 4.98 Å². The molecule has 1 N–H and O–H groups in total. The standard InChI is InChI=1S/C21H23NO4/c1-4-14(15-5-8-18(23)13(2)11-15)7-10-20-22-17-12-16(21(24)25-3)6-9-19(17)26-20/h5-6,8-9,11-12,14,23H,4,7,10H2,1-3H3. The lowest BCUT2D eigenvalue weighted by Crippen LogP contribution is -2.01. The van der Waals surface area contributed by atoms with Crippen molar-refractivity contribution in [3.63, 3.8) is 0 Å². The molecule has 0 aliphatic heterocycles. The third kappa shape index (κ3) is 3.72. The van der Waals surface area contributed by atoms with E-state index in [0.29, 0.717) is 40.6 Å². The summed E-state index contributed by atoms with van der Waals surface area (Å²) < 4.78 is 10.5. The maximum atomic E-state index is 11.6. The summed E-state index contributed by atoms with van der Waals surface area (Å²) in [6.07, 6.45) is 2.61. The van der Waals surface area contributed by atoms with Crippen molar-refractivity contribution in [3.05, 3.63) is 59.0 Å². The van der Waals surface area contributed by atoms with E-state index in [-0.39, 0.29) is 5.97 Å². The first-order valence-electron chi connectivity index (χ1n) is 8.79. The molecule has 0 aliphatic carbocycles. The molecule has 5 nitrogen and oxygen atoms in total. The van der Waals surface area contributed by atoms with Crippen molar-refractivity contribution < 1.29 is 19.1 Å². The molecule has 0 radical (unpaired) electrons. The monoisotopic (exact) mass is 353 g/mol. The SMILES string of the molecule is CCC(CCc1nc2cc(C(=O)OC)ccc2o1)c1ccc(O)c(C)c1. The van der Waals surface area contributed by atoms with Crippen LogP contribution in [0.4, 0.5) is 0 Å². The Morgan fingerprint density at radius 2 is 2.08 bits per heavy atom. The van der Waals surface area contributed by atoms with Gasteiger partial charge in [0.25, 0.3) is 0 Å². The summed E-state index contributed by atoms with van der Waals surface area (Å²) in [6.45, 7) is 4.06. The van der Waals surface area contributed by atoms with Crippen molar-refractivity contribution in [1.29, 1.82) is 0 Å². The first-order valence-corrected chi connectivity index (χ1v) is 8.79. The second kappa shape index (κ2) is 7.60. The van der Waals surface area contributed by atoms with Crippen LogP contribution in [0.25, 0.3) is 11.1 Å². The average molecular weight is 353 g/mol. The molecule has 3 rings (SSSR count). The van der Waals surface area contributed by atoms with Gasteiger partial charge in [-0.1, -0.05) is 19.1 Å². The zero-order valence-corrected chi connectivity index (χ0v) is 15.3. The number of esters is 1. The largest absolute Gasteiger partial charge is 0.508 e. The third-order valence-corrected chi connectivity index (χ3v) is 4.74. The maximum Gasteiger partial charge on any atom is 0.337 e. The van der Waals surface area contributed by atoms with Gasteiger partial charge in [0.1, 0.15) is 11.3 Å². The zero-order chi connectivity index (χ0) is 18.7. The number of carbonyl (C=O) groups excluding carboxylic acids is 1. The van der Waals surface area contributed by atoms with Crippen LogP contribution in [0, 0.1) is 6.92 Å². The zero-order valence-electron chi connectivity index (χ0n) is 15.3. The van der Waals surface area contributed by atoms with Crippen LogP contribution in [0.15, 0.2) is 40.8 Å². The molecule has 1 aromatic heterocycles. The number of aromatic nitrogens is 1. The summed E-state index contributed by atoms with van der Waals surface area (Å²) in [5.41, 5.74) is 3.90. The lowest BCUT2D eigenvalue weighted by molar-refractivity contribution is 0.0601. The molecule has 1 heterocycles. The van der Waals surface area contributed by atoms with E-state index < -0.39 is 0 Å². The van der Waals surface area contributed by atoms with Gasteiger partial charge in [0, 0.05) is 6.42 Å². The van der Waals surface area contributed by atoms with Crippen molar-refractivity contribution in [2.75, 3.05) is 7.11 Å². The van der Waals surface area contributed by atoms with E-state index in [1.165, 1.54) is 12.7 Å². The van der Waals surface area contributed by atoms with Crippen LogP contribution in [0.5, 0.6) is 5.75 Å². The topological polar surface area (TPSA) is 72.6 Å². The van der Waals surface area contributed by atoms with Gasteiger partial charge in [0.15, 0.2) is 11.5 Å². The number of carbonyl (C=O) groups is 1. The Labute approximate surface area is 152 Å². The van der Waals surface area contributed by atoms with E-state index in [1.807, 2.05) is 19.1 Å². The molecule has 3 aromatic rings. The Balaban J connectivity index is 1.75. The van der Waals surface area contributed by atoms with E-state index in [9.17, 15) is 9.90 Å². The molecule has 1 unspecified atom stereocenters. The number of oxazole rings is 1. The fourth-order valence-corrected chi connectivity index (χ4v) is 3.16. The molecule has 0 saturated carbocycles. The lowest BCUT2D eigenvalue weighted by atomic mass is 9.91. The van der Waals surface area contributed by atoms with Gasteiger partial charge in [-0.25, -0.2) is 9.78 Å². The maximum absolute atomic E-state index is 11.6. The summed E-state index contributed by atoms with van der Waals surface area (Å²) in [5, 5.41) is 9.71. The number of hydrogen-bond donors (Lipinski definition) is 1. The summed E-state index contributed by atoms with van der Waals surface area (Å²) in [6, 6.07) is 10.9. The van der Waals surface area contributed by atoms with Gasteiger partial charge < -0.3 is 14.3 Å². The van der Waals surface area contributed by atoms with Crippen LogP contribution < -0.4 is 0 Å². The first-order chi connectivity index (χ1) is 12.5. The Morgan fingerprint density at radius 1 is 1.27 bits per heavy atom. The highest BCUT2D eigenvalue weighted by Crippen LogP contribution is 2.29. The van der Waals surface area contributed by atoms with Gasteiger partial charge >= 0.3 is 5.97 Å². The molecule has 1 atom stereocenters. The van der Waals surface area contributed by atoms with Gasteiger partial charge in [-0.15, -0.1) is 0 Å². The minimum atomic E-state index is -0.384. The first kappa shape index (κ1) is 18.0. The predicted octanol–water partition coefficient (Wildman–Crippen LogP) is 4.75. The Kier molecular flexibility index (Phi) is 5.26.